The Labute approximate surface area is 309 Å². The topological polar surface area (TPSA) is 109 Å². The second kappa shape index (κ2) is 21.6. The number of nitrogens with zero attached hydrogens (tertiary/aromatic N) is 1. The van der Waals surface area contributed by atoms with Crippen LogP contribution in [0.15, 0.2) is 0 Å². The van der Waals surface area contributed by atoms with Gasteiger partial charge in [0.25, 0.3) is 0 Å². The van der Waals surface area contributed by atoms with Gasteiger partial charge in [0, 0.05) is 25.2 Å². The van der Waals surface area contributed by atoms with E-state index in [1.54, 1.807) is 0 Å². The van der Waals surface area contributed by atoms with Crippen LogP contribution in [-0.2, 0) is 14.2 Å². The molecule has 294 valence electrons. The summed E-state index contributed by atoms with van der Waals surface area (Å²) in [5, 5.41) is 0. The van der Waals surface area contributed by atoms with E-state index in [0.29, 0.717) is 78.9 Å². The summed E-state index contributed by atoms with van der Waals surface area (Å²) >= 11 is 0. The highest BCUT2D eigenvalue weighted by Gasteiger charge is 2.66. The molecule has 4 fully saturated rings. The van der Waals surface area contributed by atoms with Gasteiger partial charge >= 0.3 is 0 Å². The molecule has 0 saturated heterocycles. The van der Waals surface area contributed by atoms with Gasteiger partial charge in [-0.3, -0.25) is 0 Å². The molecule has 0 bridgehead atoms. The van der Waals surface area contributed by atoms with Crippen LogP contribution in [0.2, 0.25) is 0 Å². The third-order valence-corrected chi connectivity index (χ3v) is 14.8. The highest BCUT2D eigenvalue weighted by molar-refractivity contribution is 5.15. The van der Waals surface area contributed by atoms with Crippen molar-refractivity contribution in [2.45, 2.75) is 169 Å². The van der Waals surface area contributed by atoms with Gasteiger partial charge in [-0.05, 0) is 170 Å². The van der Waals surface area contributed by atoms with E-state index in [2.05, 4.69) is 39.5 Å². The molecule has 0 aromatic heterocycles. The van der Waals surface area contributed by atoms with Gasteiger partial charge in [-0.2, -0.15) is 0 Å². The van der Waals surface area contributed by atoms with E-state index in [9.17, 15) is 0 Å². The van der Waals surface area contributed by atoms with Crippen LogP contribution in [0.25, 0.3) is 0 Å². The molecule has 0 heterocycles. The van der Waals surface area contributed by atoms with Crippen LogP contribution >= 0.6 is 0 Å². The van der Waals surface area contributed by atoms with Gasteiger partial charge in [0.1, 0.15) is 0 Å². The van der Waals surface area contributed by atoms with Crippen molar-refractivity contribution in [1.29, 1.82) is 0 Å². The smallest absolute Gasteiger partial charge is 0.0637 e. The third kappa shape index (κ3) is 10.5. The highest BCUT2D eigenvalue weighted by atomic mass is 16.5. The number of hydrogen-bond acceptors (Lipinski definition) is 7. The predicted octanol–water partition coefficient (Wildman–Crippen LogP) is 8.17. The highest BCUT2D eigenvalue weighted by Crippen LogP contribution is 2.69. The maximum atomic E-state index is 7.09. The first-order valence-corrected chi connectivity index (χ1v) is 22.0. The zero-order valence-corrected chi connectivity index (χ0v) is 33.7. The first-order valence-electron chi connectivity index (χ1n) is 22.0. The van der Waals surface area contributed by atoms with Crippen molar-refractivity contribution in [1.82, 2.24) is 4.90 Å². The molecule has 5 unspecified atom stereocenters. The van der Waals surface area contributed by atoms with Crippen molar-refractivity contribution in [2.75, 3.05) is 59.1 Å². The Hall–Kier alpha value is -0.280. The molecule has 50 heavy (non-hydrogen) atoms. The van der Waals surface area contributed by atoms with Crippen molar-refractivity contribution in [3.63, 3.8) is 0 Å². The second-order valence-electron chi connectivity index (χ2n) is 17.9. The molecule has 0 radical (unpaired) electrons. The van der Waals surface area contributed by atoms with Gasteiger partial charge in [-0.15, -0.1) is 0 Å². The molecular weight excluding hydrogens is 620 g/mol. The second-order valence-corrected chi connectivity index (χ2v) is 17.9. The summed E-state index contributed by atoms with van der Waals surface area (Å²) < 4.78 is 20.5. The molecule has 4 saturated carbocycles. The summed E-state index contributed by atoms with van der Waals surface area (Å²) in [6, 6.07) is 0. The quantitative estimate of drug-likeness (QED) is 0.0823. The fourth-order valence-corrected chi connectivity index (χ4v) is 11.9. The zero-order valence-electron chi connectivity index (χ0n) is 33.7. The molecule has 4 rings (SSSR count). The fraction of sp³-hybridized carbons (Fsp3) is 1.00. The Bertz CT molecular complexity index is 915. The first kappa shape index (κ1) is 42.5. The lowest BCUT2D eigenvalue weighted by Crippen LogP contribution is -2.63. The minimum atomic E-state index is 0.179. The van der Waals surface area contributed by atoms with Gasteiger partial charge in [-0.1, -0.05) is 60.3 Å². The molecule has 0 aromatic rings. The molecule has 4 aliphatic carbocycles. The number of hydrogen-bond donors (Lipinski definition) is 3. The third-order valence-electron chi connectivity index (χ3n) is 14.8. The maximum Gasteiger partial charge on any atom is 0.0637 e. The molecule has 6 N–H and O–H groups in total. The minimum absolute atomic E-state index is 0.179. The van der Waals surface area contributed by atoms with Crippen LogP contribution < -0.4 is 17.2 Å². The standard InChI is InChI=1S/C43H84N4O3/c1-6-8-10-24-47(25-11-9-7-2)26-12-16-33(3)36-17-18-37-41-38(32-40(43(36,37)5)50-29-15-23-46)42(4)20-19-35(48-27-13-21-44)30-34(42)31-39(41)49-28-14-22-45/h33-41H,6-32,44-46H2,1-5H3/t33-,34?,35-,36?,37+,38+,39-,40+,41?,42?,43?/m1/s1. The van der Waals surface area contributed by atoms with E-state index in [4.69, 9.17) is 31.4 Å². The molecule has 7 heteroatoms. The average Bonchev–Trinajstić information content (AvgIpc) is 3.47. The summed E-state index contributed by atoms with van der Waals surface area (Å²) in [6.45, 7) is 20.9. The lowest BCUT2D eigenvalue weighted by atomic mass is 9.43. The molecule has 0 aromatic carbocycles. The molecule has 4 aliphatic rings. The summed E-state index contributed by atoms with van der Waals surface area (Å²) in [5.41, 5.74) is 18.3. The van der Waals surface area contributed by atoms with Gasteiger partial charge in [0.05, 0.1) is 18.3 Å². The molecule has 11 atom stereocenters. The van der Waals surface area contributed by atoms with Crippen LogP contribution in [0.4, 0.5) is 0 Å². The largest absolute Gasteiger partial charge is 0.378 e. The molecular formula is C43H84N4O3. The van der Waals surface area contributed by atoms with E-state index >= 15 is 0 Å². The van der Waals surface area contributed by atoms with Crippen molar-refractivity contribution in [3.8, 4) is 0 Å². The number of unbranched alkanes of at least 4 members (excludes halogenated alkanes) is 4. The SMILES string of the molecule is CCCCCN(CCCCC)CCC[C@@H](C)C1CC[C@H]2C3[C@H](OCCCN)CC4C[C@H](OCCCN)CCC4(C)[C@H]3C[C@H](OCCCN)C12C. The molecule has 0 spiro atoms. The lowest BCUT2D eigenvalue weighted by Gasteiger charge is -2.65. The number of ether oxygens (including phenoxy) is 3. The van der Waals surface area contributed by atoms with E-state index < -0.39 is 0 Å². The number of rotatable bonds is 25. The van der Waals surface area contributed by atoms with Gasteiger partial charge in [0.15, 0.2) is 0 Å². The van der Waals surface area contributed by atoms with Crippen molar-refractivity contribution >= 4 is 0 Å². The summed E-state index contributed by atoms with van der Waals surface area (Å²) in [7, 11) is 0. The Morgan fingerprint density at radius 3 is 1.94 bits per heavy atom. The normalized spacial score (nSPS) is 35.9. The average molecular weight is 705 g/mol. The maximum absolute atomic E-state index is 7.09. The van der Waals surface area contributed by atoms with Crippen molar-refractivity contribution in [3.05, 3.63) is 0 Å². The predicted molar refractivity (Wildman–Crippen MR) is 210 cm³/mol. The van der Waals surface area contributed by atoms with E-state index in [-0.39, 0.29) is 5.41 Å². The minimum Gasteiger partial charge on any atom is -0.378 e. The van der Waals surface area contributed by atoms with E-state index in [1.165, 1.54) is 110 Å². The van der Waals surface area contributed by atoms with Crippen LogP contribution in [-0.4, -0.2) is 82.3 Å². The van der Waals surface area contributed by atoms with E-state index in [1.807, 2.05) is 0 Å². The number of fused-ring (bicyclic) bond motifs is 5. The first-order chi connectivity index (χ1) is 24.3. The zero-order chi connectivity index (χ0) is 36.0. The Morgan fingerprint density at radius 1 is 0.680 bits per heavy atom. The fourth-order valence-electron chi connectivity index (χ4n) is 11.9. The molecule has 0 aliphatic heterocycles. The molecule has 7 nitrogen and oxygen atoms in total. The molecule has 0 amide bonds. The van der Waals surface area contributed by atoms with Crippen molar-refractivity contribution in [2.24, 2.45) is 63.5 Å². The van der Waals surface area contributed by atoms with Crippen LogP contribution in [0.1, 0.15) is 150 Å². The Balaban J connectivity index is 1.53. The summed E-state index contributed by atoms with van der Waals surface area (Å²) in [4.78, 5) is 2.79. The van der Waals surface area contributed by atoms with E-state index in [0.717, 1.165) is 45.5 Å². The van der Waals surface area contributed by atoms with Gasteiger partial charge < -0.3 is 36.3 Å². The van der Waals surface area contributed by atoms with Crippen LogP contribution in [0, 0.1) is 46.3 Å². The van der Waals surface area contributed by atoms with Crippen molar-refractivity contribution < 1.29 is 14.2 Å². The summed E-state index contributed by atoms with van der Waals surface area (Å²) in [5.74, 6) is 3.92. The van der Waals surface area contributed by atoms with Gasteiger partial charge in [0.2, 0.25) is 0 Å². The van der Waals surface area contributed by atoms with Gasteiger partial charge in [-0.25, -0.2) is 0 Å². The Kier molecular flexibility index (Phi) is 18.3. The van der Waals surface area contributed by atoms with Crippen LogP contribution in [0.5, 0.6) is 0 Å². The number of nitrogens with two attached hydrogens (primary N) is 3. The Morgan fingerprint density at radius 2 is 1.30 bits per heavy atom. The van der Waals surface area contributed by atoms with Crippen LogP contribution in [0.3, 0.4) is 0 Å². The lowest BCUT2D eigenvalue weighted by molar-refractivity contribution is -0.227. The monoisotopic (exact) mass is 705 g/mol. The summed E-state index contributed by atoms with van der Waals surface area (Å²) in [6.07, 6.45) is 23.1.